The Morgan fingerprint density at radius 2 is 1.80 bits per heavy atom. The smallest absolute Gasteiger partial charge is 0.248 e. The van der Waals surface area contributed by atoms with Crippen molar-refractivity contribution in [3.05, 3.63) is 90.3 Å². The molecule has 0 atom stereocenters. The van der Waals surface area contributed by atoms with Crippen LogP contribution in [-0.4, -0.2) is 61.7 Å². The molecule has 0 saturated carbocycles. The van der Waals surface area contributed by atoms with E-state index in [1.807, 2.05) is 49.5 Å². The lowest BCUT2D eigenvalue weighted by atomic mass is 10.2. The van der Waals surface area contributed by atoms with Gasteiger partial charge in [-0.05, 0) is 61.2 Å². The number of anilines is 1. The van der Waals surface area contributed by atoms with Crippen LogP contribution in [0.1, 0.15) is 11.3 Å². The zero-order chi connectivity index (χ0) is 24.7. The Balaban J connectivity index is 1.33. The lowest BCUT2D eigenvalue weighted by molar-refractivity contribution is -0.111. The number of aromatic nitrogens is 1. The van der Waals surface area contributed by atoms with Crippen molar-refractivity contribution in [3.63, 3.8) is 0 Å². The Morgan fingerprint density at radius 1 is 1.03 bits per heavy atom. The number of likely N-dealkylation sites (N-methyl/N-ethyl adjacent to an activating group) is 1. The van der Waals surface area contributed by atoms with E-state index in [9.17, 15) is 13.2 Å². The summed E-state index contributed by atoms with van der Waals surface area (Å²) in [6, 6.07) is 19.4. The topological polar surface area (TPSA) is 91.8 Å². The fraction of sp³-hybridized carbons (Fsp3) is 0.231. The molecule has 8 nitrogen and oxygen atoms in total. The summed E-state index contributed by atoms with van der Waals surface area (Å²) in [5.74, 6) is 0.352. The second kappa shape index (κ2) is 11.3. The van der Waals surface area contributed by atoms with E-state index in [0.717, 1.165) is 11.3 Å². The molecule has 1 aromatic heterocycles. The molecule has 0 spiro atoms. The fourth-order valence-electron chi connectivity index (χ4n) is 3.58. The van der Waals surface area contributed by atoms with E-state index in [-0.39, 0.29) is 10.8 Å². The van der Waals surface area contributed by atoms with Gasteiger partial charge in [0.05, 0.1) is 10.6 Å². The molecule has 1 fully saturated rings. The van der Waals surface area contributed by atoms with Gasteiger partial charge < -0.3 is 15.0 Å². The molecule has 1 N–H and O–H groups in total. The normalized spacial score (nSPS) is 15.2. The van der Waals surface area contributed by atoms with E-state index in [1.54, 1.807) is 30.5 Å². The van der Waals surface area contributed by atoms with Crippen molar-refractivity contribution in [1.82, 2.24) is 14.2 Å². The third-order valence-corrected chi connectivity index (χ3v) is 7.52. The second-order valence-corrected chi connectivity index (χ2v) is 10.2. The molecule has 1 saturated heterocycles. The van der Waals surface area contributed by atoms with E-state index < -0.39 is 10.0 Å². The Hall–Kier alpha value is -3.53. The average Bonchev–Trinajstić information content (AvgIpc) is 2.88. The van der Waals surface area contributed by atoms with Crippen molar-refractivity contribution in [2.45, 2.75) is 11.5 Å². The first-order chi connectivity index (χ1) is 16.9. The van der Waals surface area contributed by atoms with Gasteiger partial charge in [-0.25, -0.2) is 8.42 Å². The number of nitrogens with one attached hydrogen (secondary N) is 1. The molecule has 0 aliphatic carbocycles. The Bertz CT molecular complexity index is 1270. The van der Waals surface area contributed by atoms with Crippen LogP contribution in [0, 0.1) is 0 Å². The molecule has 0 unspecified atom stereocenters. The minimum absolute atomic E-state index is 0.171. The number of hydrogen-bond acceptors (Lipinski definition) is 6. The summed E-state index contributed by atoms with van der Waals surface area (Å²) in [5, 5.41) is 2.74. The highest BCUT2D eigenvalue weighted by atomic mass is 32.2. The van der Waals surface area contributed by atoms with Crippen LogP contribution in [-0.2, 0) is 21.4 Å². The SMILES string of the molecule is CN1CCN(S(=O)(=O)c2cccc(NC(=O)/C=C/c3ccc(OCc4ccccn4)cc3)c2)CC1. The molecule has 0 radical (unpaired) electrons. The van der Waals surface area contributed by atoms with Gasteiger partial charge in [-0.3, -0.25) is 9.78 Å². The highest BCUT2D eigenvalue weighted by Gasteiger charge is 2.27. The van der Waals surface area contributed by atoms with E-state index in [0.29, 0.717) is 44.2 Å². The molecule has 0 bridgehead atoms. The van der Waals surface area contributed by atoms with Gasteiger partial charge in [-0.2, -0.15) is 4.31 Å². The van der Waals surface area contributed by atoms with Crippen LogP contribution in [0.5, 0.6) is 5.75 Å². The maximum absolute atomic E-state index is 13.0. The van der Waals surface area contributed by atoms with Gasteiger partial charge in [0.2, 0.25) is 15.9 Å². The molecule has 182 valence electrons. The van der Waals surface area contributed by atoms with E-state index in [1.165, 1.54) is 16.4 Å². The minimum Gasteiger partial charge on any atom is -0.487 e. The molecule has 9 heteroatoms. The number of sulfonamides is 1. The molecule has 2 aromatic carbocycles. The molecule has 2 heterocycles. The van der Waals surface area contributed by atoms with Crippen LogP contribution in [0.25, 0.3) is 6.08 Å². The standard InChI is InChI=1S/C26H28N4O4S/c1-29-15-17-30(18-16-29)35(32,33)25-7-4-6-22(19-25)28-26(31)13-10-21-8-11-24(12-9-21)34-20-23-5-2-3-14-27-23/h2-14,19H,15-18,20H2,1H3,(H,28,31)/b13-10+. The molecule has 1 aliphatic rings. The lowest BCUT2D eigenvalue weighted by Gasteiger charge is -2.31. The van der Waals surface area contributed by atoms with Crippen molar-refractivity contribution in [3.8, 4) is 5.75 Å². The zero-order valence-electron chi connectivity index (χ0n) is 19.5. The highest BCUT2D eigenvalue weighted by Crippen LogP contribution is 2.21. The van der Waals surface area contributed by atoms with E-state index in [4.69, 9.17) is 4.74 Å². The summed E-state index contributed by atoms with van der Waals surface area (Å²) >= 11 is 0. The first-order valence-electron chi connectivity index (χ1n) is 11.3. The maximum atomic E-state index is 13.0. The van der Waals surface area contributed by atoms with Crippen molar-refractivity contribution in [2.24, 2.45) is 0 Å². The van der Waals surface area contributed by atoms with Crippen LogP contribution >= 0.6 is 0 Å². The molecule has 3 aromatic rings. The largest absolute Gasteiger partial charge is 0.487 e. The van der Waals surface area contributed by atoms with Gasteiger partial charge in [0, 0.05) is 44.1 Å². The molecular formula is C26H28N4O4S. The van der Waals surface area contributed by atoms with Crippen LogP contribution < -0.4 is 10.1 Å². The highest BCUT2D eigenvalue weighted by molar-refractivity contribution is 7.89. The van der Waals surface area contributed by atoms with Gasteiger partial charge in [-0.1, -0.05) is 24.3 Å². The van der Waals surface area contributed by atoms with Gasteiger partial charge in [0.25, 0.3) is 0 Å². The summed E-state index contributed by atoms with van der Waals surface area (Å²) in [4.78, 5) is 18.9. The second-order valence-electron chi connectivity index (χ2n) is 8.24. The number of pyridine rings is 1. The quantitative estimate of drug-likeness (QED) is 0.486. The summed E-state index contributed by atoms with van der Waals surface area (Å²) < 4.78 is 33.1. The zero-order valence-corrected chi connectivity index (χ0v) is 20.3. The van der Waals surface area contributed by atoms with Crippen LogP contribution in [0.15, 0.2) is 83.9 Å². The van der Waals surface area contributed by atoms with Crippen LogP contribution in [0.4, 0.5) is 5.69 Å². The summed E-state index contributed by atoms with van der Waals surface area (Å²) in [7, 11) is -1.63. The van der Waals surface area contributed by atoms with Gasteiger partial charge in [-0.15, -0.1) is 0 Å². The van der Waals surface area contributed by atoms with Crippen molar-refractivity contribution < 1.29 is 17.9 Å². The Kier molecular flexibility index (Phi) is 7.91. The summed E-state index contributed by atoms with van der Waals surface area (Å²) in [6.45, 7) is 2.66. The Morgan fingerprint density at radius 3 is 2.51 bits per heavy atom. The number of carbonyl (C=O) groups excluding carboxylic acids is 1. The first-order valence-corrected chi connectivity index (χ1v) is 12.7. The predicted octanol–water partition coefficient (Wildman–Crippen LogP) is 3.25. The number of amides is 1. The number of carbonyl (C=O) groups is 1. The molecule has 4 rings (SSSR count). The fourth-order valence-corrected chi connectivity index (χ4v) is 5.05. The third-order valence-electron chi connectivity index (χ3n) is 5.62. The summed E-state index contributed by atoms with van der Waals surface area (Å²) in [6.07, 6.45) is 4.81. The number of nitrogens with zero attached hydrogens (tertiary/aromatic N) is 3. The van der Waals surface area contributed by atoms with E-state index >= 15 is 0 Å². The number of piperazine rings is 1. The monoisotopic (exact) mass is 492 g/mol. The average molecular weight is 493 g/mol. The number of ether oxygens (including phenoxy) is 1. The predicted molar refractivity (Wildman–Crippen MR) is 135 cm³/mol. The number of benzene rings is 2. The van der Waals surface area contributed by atoms with Crippen molar-refractivity contribution in [1.29, 1.82) is 0 Å². The van der Waals surface area contributed by atoms with Gasteiger partial charge >= 0.3 is 0 Å². The van der Waals surface area contributed by atoms with Gasteiger partial charge in [0.15, 0.2) is 0 Å². The van der Waals surface area contributed by atoms with Crippen molar-refractivity contribution in [2.75, 3.05) is 38.5 Å². The van der Waals surface area contributed by atoms with Crippen LogP contribution in [0.3, 0.4) is 0 Å². The molecule has 35 heavy (non-hydrogen) atoms. The van der Waals surface area contributed by atoms with Crippen molar-refractivity contribution >= 4 is 27.7 Å². The van der Waals surface area contributed by atoms with E-state index in [2.05, 4.69) is 15.2 Å². The first kappa shape index (κ1) is 24.6. The number of hydrogen-bond donors (Lipinski definition) is 1. The molecule has 1 amide bonds. The molecule has 1 aliphatic heterocycles. The lowest BCUT2D eigenvalue weighted by Crippen LogP contribution is -2.47. The summed E-state index contributed by atoms with van der Waals surface area (Å²) in [5.41, 5.74) is 2.10. The maximum Gasteiger partial charge on any atom is 0.248 e. The van der Waals surface area contributed by atoms with Gasteiger partial charge in [0.1, 0.15) is 12.4 Å². The third kappa shape index (κ3) is 6.75. The Labute approximate surface area is 205 Å². The molecular weight excluding hydrogens is 464 g/mol. The minimum atomic E-state index is -3.60. The van der Waals surface area contributed by atoms with Crippen LogP contribution in [0.2, 0.25) is 0 Å². The number of rotatable bonds is 8.